The maximum absolute atomic E-state index is 13.6. The van der Waals surface area contributed by atoms with Gasteiger partial charge in [-0.3, -0.25) is 4.79 Å². The number of para-hydroxylation sites is 1. The van der Waals surface area contributed by atoms with E-state index in [0.717, 1.165) is 11.0 Å². The molecule has 0 spiro atoms. The van der Waals surface area contributed by atoms with Crippen molar-refractivity contribution in [3.05, 3.63) is 53.8 Å². The van der Waals surface area contributed by atoms with Crippen LogP contribution in [0.4, 0.5) is 4.39 Å². The van der Waals surface area contributed by atoms with Crippen LogP contribution in [0.3, 0.4) is 0 Å². The van der Waals surface area contributed by atoms with Crippen LogP contribution in [0.25, 0.3) is 0 Å². The quantitative estimate of drug-likeness (QED) is 0.600. The second-order valence-electron chi connectivity index (χ2n) is 4.21. The first kappa shape index (κ1) is 15.4. The van der Waals surface area contributed by atoms with Crippen LogP contribution in [0.5, 0.6) is 11.5 Å². The Balaban J connectivity index is 2.06. The predicted molar refractivity (Wildman–Crippen MR) is 81.0 cm³/mol. The summed E-state index contributed by atoms with van der Waals surface area (Å²) in [6, 6.07) is 11.6. The van der Waals surface area contributed by atoms with Gasteiger partial charge in [-0.15, -0.1) is 11.8 Å². The van der Waals surface area contributed by atoms with Crippen molar-refractivity contribution >= 4 is 17.5 Å². The van der Waals surface area contributed by atoms with Gasteiger partial charge < -0.3 is 9.47 Å². The van der Waals surface area contributed by atoms with E-state index in [1.165, 1.54) is 31.0 Å². The van der Waals surface area contributed by atoms with E-state index in [2.05, 4.69) is 0 Å². The molecule has 0 atom stereocenters. The second kappa shape index (κ2) is 7.13. The Labute approximate surface area is 127 Å². The topological polar surface area (TPSA) is 35.5 Å². The highest BCUT2D eigenvalue weighted by Gasteiger charge is 2.12. The third kappa shape index (κ3) is 3.76. The maximum Gasteiger partial charge on any atom is 0.200 e. The first-order valence-electron chi connectivity index (χ1n) is 6.28. The van der Waals surface area contributed by atoms with Gasteiger partial charge in [-0.1, -0.05) is 12.1 Å². The van der Waals surface area contributed by atoms with Gasteiger partial charge in [0.15, 0.2) is 24.0 Å². The maximum atomic E-state index is 13.6. The minimum absolute atomic E-state index is 0.111. The molecule has 2 aromatic rings. The normalized spacial score (nSPS) is 10.2. The van der Waals surface area contributed by atoms with E-state index in [9.17, 15) is 9.18 Å². The van der Waals surface area contributed by atoms with E-state index in [1.807, 2.05) is 24.5 Å². The second-order valence-corrected chi connectivity index (χ2v) is 5.06. The van der Waals surface area contributed by atoms with Crippen LogP contribution in [0.15, 0.2) is 47.4 Å². The molecule has 0 amide bonds. The highest BCUT2D eigenvalue weighted by molar-refractivity contribution is 7.98. The van der Waals surface area contributed by atoms with E-state index in [1.54, 1.807) is 6.07 Å². The third-order valence-electron chi connectivity index (χ3n) is 2.90. The van der Waals surface area contributed by atoms with Crippen LogP contribution in [-0.4, -0.2) is 25.8 Å². The summed E-state index contributed by atoms with van der Waals surface area (Å²) in [5.74, 6) is -0.0900. The Bertz CT molecular complexity index is 643. The number of rotatable bonds is 6. The number of halogens is 1. The fourth-order valence-electron chi connectivity index (χ4n) is 1.80. The summed E-state index contributed by atoms with van der Waals surface area (Å²) >= 11 is 1.54. The van der Waals surface area contributed by atoms with Gasteiger partial charge in [-0.25, -0.2) is 4.39 Å². The summed E-state index contributed by atoms with van der Waals surface area (Å²) in [5.41, 5.74) is 0.259. The van der Waals surface area contributed by atoms with Crippen molar-refractivity contribution in [2.75, 3.05) is 20.0 Å². The molecule has 0 aromatic heterocycles. The number of hydrogen-bond donors (Lipinski definition) is 0. The lowest BCUT2D eigenvalue weighted by molar-refractivity contribution is 0.0919. The number of Topliss-reactive ketones (excluding diaryl/α,β-unsaturated/α-hetero) is 1. The lowest BCUT2D eigenvalue weighted by atomic mass is 10.1. The minimum Gasteiger partial charge on any atom is -0.494 e. The van der Waals surface area contributed by atoms with Crippen molar-refractivity contribution in [2.24, 2.45) is 0 Å². The zero-order valence-electron chi connectivity index (χ0n) is 11.8. The largest absolute Gasteiger partial charge is 0.494 e. The first-order valence-corrected chi connectivity index (χ1v) is 7.50. The smallest absolute Gasteiger partial charge is 0.200 e. The highest BCUT2D eigenvalue weighted by Crippen LogP contribution is 2.27. The molecule has 0 saturated heterocycles. The minimum atomic E-state index is -0.562. The Kier molecular flexibility index (Phi) is 5.22. The van der Waals surface area contributed by atoms with Gasteiger partial charge in [0.2, 0.25) is 0 Å². The lowest BCUT2D eigenvalue weighted by Gasteiger charge is -2.09. The summed E-state index contributed by atoms with van der Waals surface area (Å²) < 4.78 is 23.9. The van der Waals surface area contributed by atoms with Crippen molar-refractivity contribution in [3.63, 3.8) is 0 Å². The summed E-state index contributed by atoms with van der Waals surface area (Å²) in [6.45, 7) is -0.136. The molecule has 21 heavy (non-hydrogen) atoms. The fraction of sp³-hybridized carbons (Fsp3) is 0.188. The Morgan fingerprint density at radius 2 is 1.95 bits per heavy atom. The van der Waals surface area contributed by atoms with Crippen LogP contribution in [0.1, 0.15) is 10.4 Å². The third-order valence-corrected chi connectivity index (χ3v) is 3.68. The molecule has 110 valence electrons. The molecule has 2 aromatic carbocycles. The molecule has 0 unspecified atom stereocenters. The number of ether oxygens (including phenoxy) is 2. The van der Waals surface area contributed by atoms with Crippen LogP contribution < -0.4 is 9.47 Å². The number of carbonyl (C=O) groups excluding carboxylic acids is 1. The van der Waals surface area contributed by atoms with E-state index in [-0.39, 0.29) is 23.7 Å². The van der Waals surface area contributed by atoms with E-state index in [0.29, 0.717) is 5.75 Å². The molecule has 3 nitrogen and oxygen atoms in total. The van der Waals surface area contributed by atoms with Crippen LogP contribution in [-0.2, 0) is 0 Å². The molecule has 0 bridgehead atoms. The zero-order chi connectivity index (χ0) is 15.2. The number of methoxy groups -OCH3 is 1. The van der Waals surface area contributed by atoms with Crippen LogP contribution in [0.2, 0.25) is 0 Å². The Hall–Kier alpha value is -2.01. The zero-order valence-corrected chi connectivity index (χ0v) is 12.6. The van der Waals surface area contributed by atoms with Gasteiger partial charge in [0.1, 0.15) is 5.75 Å². The predicted octanol–water partition coefficient (Wildman–Crippen LogP) is 3.82. The standard InChI is InChI=1S/C16H15FO3S/c1-19-14-8-7-11(9-12(14)17)13(18)10-20-15-5-3-4-6-16(15)21-2/h3-9H,10H2,1-2H3. The highest BCUT2D eigenvalue weighted by atomic mass is 32.2. The van der Waals surface area contributed by atoms with E-state index in [4.69, 9.17) is 9.47 Å². The number of thioether (sulfide) groups is 1. The molecule has 0 aliphatic rings. The summed E-state index contributed by atoms with van der Waals surface area (Å²) in [5, 5.41) is 0. The summed E-state index contributed by atoms with van der Waals surface area (Å²) in [6.07, 6.45) is 1.93. The summed E-state index contributed by atoms with van der Waals surface area (Å²) in [4.78, 5) is 13.0. The number of hydrogen-bond acceptors (Lipinski definition) is 4. The molecule has 0 fully saturated rings. The van der Waals surface area contributed by atoms with Crippen molar-refractivity contribution in [1.29, 1.82) is 0 Å². The number of ketones is 1. The van der Waals surface area contributed by atoms with Gasteiger partial charge in [-0.05, 0) is 36.6 Å². The molecule has 2 rings (SSSR count). The van der Waals surface area contributed by atoms with Crippen molar-refractivity contribution < 1.29 is 18.7 Å². The van der Waals surface area contributed by atoms with E-state index >= 15 is 0 Å². The van der Waals surface area contributed by atoms with Crippen LogP contribution in [0, 0.1) is 5.82 Å². The molecule has 0 heterocycles. The average molecular weight is 306 g/mol. The SMILES string of the molecule is COc1ccc(C(=O)COc2ccccc2SC)cc1F. The molecular weight excluding hydrogens is 291 g/mol. The molecule has 0 aliphatic carbocycles. The lowest BCUT2D eigenvalue weighted by Crippen LogP contribution is -2.12. The van der Waals surface area contributed by atoms with Crippen molar-refractivity contribution in [2.45, 2.75) is 4.90 Å². The van der Waals surface area contributed by atoms with Crippen molar-refractivity contribution in [3.8, 4) is 11.5 Å². The number of carbonyl (C=O) groups is 1. The molecule has 0 saturated carbocycles. The molecule has 5 heteroatoms. The van der Waals surface area contributed by atoms with Gasteiger partial charge >= 0.3 is 0 Å². The fourth-order valence-corrected chi connectivity index (χ4v) is 2.35. The van der Waals surface area contributed by atoms with Crippen LogP contribution >= 0.6 is 11.8 Å². The Morgan fingerprint density at radius 1 is 1.19 bits per heavy atom. The van der Waals surface area contributed by atoms with E-state index < -0.39 is 5.82 Å². The molecule has 0 aliphatic heterocycles. The molecule has 0 N–H and O–H groups in total. The first-order chi connectivity index (χ1) is 10.2. The molecular formula is C16H15FO3S. The van der Waals surface area contributed by atoms with Gasteiger partial charge in [0.05, 0.1) is 7.11 Å². The monoisotopic (exact) mass is 306 g/mol. The van der Waals surface area contributed by atoms with Gasteiger partial charge in [0, 0.05) is 10.5 Å². The Morgan fingerprint density at radius 3 is 2.62 bits per heavy atom. The summed E-state index contributed by atoms with van der Waals surface area (Å²) in [7, 11) is 1.38. The number of benzene rings is 2. The van der Waals surface area contributed by atoms with Gasteiger partial charge in [-0.2, -0.15) is 0 Å². The van der Waals surface area contributed by atoms with Gasteiger partial charge in [0.25, 0.3) is 0 Å². The average Bonchev–Trinajstić information content (AvgIpc) is 2.52. The van der Waals surface area contributed by atoms with Crippen molar-refractivity contribution in [1.82, 2.24) is 0 Å². The molecule has 0 radical (unpaired) electrons.